The zero-order valence-electron chi connectivity index (χ0n) is 18.3. The van der Waals surface area contributed by atoms with Gasteiger partial charge in [0.15, 0.2) is 0 Å². The Morgan fingerprint density at radius 1 is 1.17 bits per heavy atom. The van der Waals surface area contributed by atoms with Gasteiger partial charge in [0, 0.05) is 49.9 Å². The molecule has 1 aromatic rings. The van der Waals surface area contributed by atoms with Crippen LogP contribution in [0.15, 0.2) is 18.2 Å². The molecule has 2 aliphatic heterocycles. The Kier molecular flexibility index (Phi) is 5.81. The van der Waals surface area contributed by atoms with E-state index in [0.29, 0.717) is 13.1 Å². The van der Waals surface area contributed by atoms with E-state index in [2.05, 4.69) is 11.0 Å². The summed E-state index contributed by atoms with van der Waals surface area (Å²) in [6.07, 6.45) is -0.333. The summed E-state index contributed by atoms with van der Waals surface area (Å²) < 4.78 is 5.53. The number of anilines is 2. The van der Waals surface area contributed by atoms with Crippen LogP contribution in [0.1, 0.15) is 47.1 Å². The molecule has 0 saturated carbocycles. The Bertz CT molecular complexity index is 789. The summed E-state index contributed by atoms with van der Waals surface area (Å²) in [6.45, 7) is 13.1. The van der Waals surface area contributed by atoms with Gasteiger partial charge in [-0.05, 0) is 57.9 Å². The molecular formula is C22H33N3O4. The van der Waals surface area contributed by atoms with Crippen LogP contribution in [-0.4, -0.2) is 59.5 Å². The fraction of sp³-hybridized carbons (Fsp3) is 0.636. The highest BCUT2D eigenvalue weighted by atomic mass is 16.6. The van der Waals surface area contributed by atoms with Crippen molar-refractivity contribution in [3.63, 3.8) is 0 Å². The molecule has 0 aromatic heterocycles. The van der Waals surface area contributed by atoms with Gasteiger partial charge in [-0.25, -0.2) is 4.79 Å². The van der Waals surface area contributed by atoms with Crippen molar-refractivity contribution >= 4 is 23.4 Å². The van der Waals surface area contributed by atoms with Crippen LogP contribution in [0.5, 0.6) is 0 Å². The Labute approximate surface area is 173 Å². The van der Waals surface area contributed by atoms with Gasteiger partial charge in [0.05, 0.1) is 0 Å². The number of aliphatic hydroxyl groups excluding tert-OH is 1. The van der Waals surface area contributed by atoms with Crippen molar-refractivity contribution in [3.8, 4) is 0 Å². The summed E-state index contributed by atoms with van der Waals surface area (Å²) in [6, 6.07) is 6.06. The molecule has 0 aliphatic carbocycles. The molecule has 2 aliphatic rings. The molecule has 1 fully saturated rings. The smallest absolute Gasteiger partial charge is 0.410 e. The molecule has 7 heteroatoms. The molecule has 2 heterocycles. The van der Waals surface area contributed by atoms with E-state index in [9.17, 15) is 14.7 Å². The maximum atomic E-state index is 12.4. The fourth-order valence-corrected chi connectivity index (χ4v) is 4.16. The highest BCUT2D eigenvalue weighted by molar-refractivity contribution is 5.93. The SMILES string of the molecule is CC(=O)N1c2ccc(N3CCN(C(=O)OC(C)(C)C)C(C)C3)cc2CC(C)C1O. The number of ether oxygens (including phenoxy) is 1. The third-order valence-electron chi connectivity index (χ3n) is 5.60. The number of hydrogen-bond donors (Lipinski definition) is 1. The van der Waals surface area contributed by atoms with Crippen LogP contribution >= 0.6 is 0 Å². The second kappa shape index (κ2) is 7.86. The summed E-state index contributed by atoms with van der Waals surface area (Å²) in [7, 11) is 0. The van der Waals surface area contributed by atoms with Gasteiger partial charge in [-0.2, -0.15) is 0 Å². The van der Waals surface area contributed by atoms with E-state index in [4.69, 9.17) is 4.74 Å². The predicted molar refractivity (Wildman–Crippen MR) is 113 cm³/mol. The summed E-state index contributed by atoms with van der Waals surface area (Å²) in [5, 5.41) is 10.4. The van der Waals surface area contributed by atoms with Crippen LogP contribution in [-0.2, 0) is 16.0 Å². The molecule has 0 radical (unpaired) electrons. The second-order valence-electron chi connectivity index (χ2n) is 9.27. The van der Waals surface area contributed by atoms with E-state index in [-0.39, 0.29) is 24.0 Å². The largest absolute Gasteiger partial charge is 0.444 e. The lowest BCUT2D eigenvalue weighted by atomic mass is 9.91. The zero-order valence-corrected chi connectivity index (χ0v) is 18.3. The van der Waals surface area contributed by atoms with E-state index in [1.807, 2.05) is 46.8 Å². The summed E-state index contributed by atoms with van der Waals surface area (Å²) >= 11 is 0. The molecular weight excluding hydrogens is 370 g/mol. The molecule has 0 spiro atoms. The van der Waals surface area contributed by atoms with Crippen LogP contribution in [0.2, 0.25) is 0 Å². The van der Waals surface area contributed by atoms with Crippen molar-refractivity contribution in [3.05, 3.63) is 23.8 Å². The van der Waals surface area contributed by atoms with Crippen molar-refractivity contribution in [1.82, 2.24) is 4.90 Å². The van der Waals surface area contributed by atoms with E-state index >= 15 is 0 Å². The van der Waals surface area contributed by atoms with Gasteiger partial charge < -0.3 is 19.6 Å². The number of fused-ring (bicyclic) bond motifs is 1. The Morgan fingerprint density at radius 2 is 1.86 bits per heavy atom. The first-order valence-corrected chi connectivity index (χ1v) is 10.3. The number of amides is 2. The third-order valence-corrected chi connectivity index (χ3v) is 5.60. The Balaban J connectivity index is 1.76. The van der Waals surface area contributed by atoms with E-state index in [1.165, 1.54) is 11.8 Å². The molecule has 160 valence electrons. The predicted octanol–water partition coefficient (Wildman–Crippen LogP) is 3.00. The first kappa shape index (κ1) is 21.4. The zero-order chi connectivity index (χ0) is 21.5. The molecule has 3 rings (SSSR count). The van der Waals surface area contributed by atoms with Gasteiger partial charge in [0.25, 0.3) is 0 Å². The average molecular weight is 404 g/mol. The van der Waals surface area contributed by atoms with Crippen molar-refractivity contribution in [2.75, 3.05) is 29.4 Å². The molecule has 1 aromatic carbocycles. The van der Waals surface area contributed by atoms with Crippen molar-refractivity contribution < 1.29 is 19.4 Å². The van der Waals surface area contributed by atoms with Gasteiger partial charge in [-0.15, -0.1) is 0 Å². The van der Waals surface area contributed by atoms with Gasteiger partial charge in [0.2, 0.25) is 5.91 Å². The highest BCUT2D eigenvalue weighted by Crippen LogP contribution is 2.36. The lowest BCUT2D eigenvalue weighted by Crippen LogP contribution is -2.55. The first-order chi connectivity index (χ1) is 13.5. The van der Waals surface area contributed by atoms with Crippen molar-refractivity contribution in [1.29, 1.82) is 0 Å². The molecule has 3 unspecified atom stereocenters. The van der Waals surface area contributed by atoms with Crippen LogP contribution in [0.25, 0.3) is 0 Å². The number of piperazine rings is 1. The minimum atomic E-state index is -0.789. The van der Waals surface area contributed by atoms with Gasteiger partial charge in [-0.3, -0.25) is 9.69 Å². The molecule has 3 atom stereocenters. The molecule has 29 heavy (non-hydrogen) atoms. The number of nitrogens with zero attached hydrogens (tertiary/aromatic N) is 3. The second-order valence-corrected chi connectivity index (χ2v) is 9.27. The van der Waals surface area contributed by atoms with Gasteiger partial charge in [0.1, 0.15) is 11.8 Å². The van der Waals surface area contributed by atoms with Crippen LogP contribution in [0.3, 0.4) is 0 Å². The van der Waals surface area contributed by atoms with Crippen LogP contribution in [0.4, 0.5) is 16.2 Å². The fourth-order valence-electron chi connectivity index (χ4n) is 4.16. The Morgan fingerprint density at radius 3 is 2.45 bits per heavy atom. The lowest BCUT2D eigenvalue weighted by Gasteiger charge is -2.42. The van der Waals surface area contributed by atoms with Crippen LogP contribution < -0.4 is 9.80 Å². The van der Waals surface area contributed by atoms with Crippen molar-refractivity contribution in [2.45, 2.75) is 65.8 Å². The topological polar surface area (TPSA) is 73.3 Å². The lowest BCUT2D eigenvalue weighted by molar-refractivity contribution is -0.119. The third kappa shape index (κ3) is 4.50. The maximum absolute atomic E-state index is 12.4. The number of aliphatic hydroxyl groups is 1. The summed E-state index contributed by atoms with van der Waals surface area (Å²) in [4.78, 5) is 30.0. The van der Waals surface area contributed by atoms with Gasteiger partial charge >= 0.3 is 6.09 Å². The summed E-state index contributed by atoms with van der Waals surface area (Å²) in [5.41, 5.74) is 2.42. The average Bonchev–Trinajstić information content (AvgIpc) is 2.60. The highest BCUT2D eigenvalue weighted by Gasteiger charge is 2.34. The molecule has 1 saturated heterocycles. The standard InChI is InChI=1S/C22H33N3O4/c1-14-11-17-12-18(7-8-19(17)25(16(3)26)20(14)27)23-9-10-24(15(2)13-23)21(28)29-22(4,5)6/h7-8,12,14-15,20,27H,9-11,13H2,1-6H3. The number of carbonyl (C=O) groups excluding carboxylic acids is 2. The monoisotopic (exact) mass is 403 g/mol. The van der Waals surface area contributed by atoms with Crippen LogP contribution in [0, 0.1) is 5.92 Å². The minimum Gasteiger partial charge on any atom is -0.444 e. The maximum Gasteiger partial charge on any atom is 0.410 e. The number of hydrogen-bond acceptors (Lipinski definition) is 5. The van der Waals surface area contributed by atoms with E-state index < -0.39 is 11.8 Å². The normalized spacial score (nSPS) is 24.9. The molecule has 1 N–H and O–H groups in total. The van der Waals surface area contributed by atoms with E-state index in [1.54, 1.807) is 4.90 Å². The number of carbonyl (C=O) groups is 2. The molecule has 7 nitrogen and oxygen atoms in total. The Hall–Kier alpha value is -2.28. The van der Waals surface area contributed by atoms with Crippen molar-refractivity contribution in [2.24, 2.45) is 5.92 Å². The van der Waals surface area contributed by atoms with Gasteiger partial charge in [-0.1, -0.05) is 6.92 Å². The quantitative estimate of drug-likeness (QED) is 0.780. The van der Waals surface area contributed by atoms with E-state index in [0.717, 1.165) is 29.9 Å². The summed E-state index contributed by atoms with van der Waals surface area (Å²) in [5.74, 6) is -0.178. The molecule has 0 bridgehead atoms. The minimum absolute atomic E-state index is 0.0235. The number of benzene rings is 1. The first-order valence-electron chi connectivity index (χ1n) is 10.3. The molecule has 2 amide bonds. The number of rotatable bonds is 1.